The second-order valence-corrected chi connectivity index (χ2v) is 5.49. The Morgan fingerprint density at radius 3 is 1.53 bits per heavy atom. The average molecular weight is 239 g/mol. The maximum absolute atomic E-state index is 5.20. The van der Waals surface area contributed by atoms with E-state index in [-0.39, 0.29) is 0 Å². The Hall–Kier alpha value is -0.170. The van der Waals surface area contributed by atoms with Gasteiger partial charge in [-0.2, -0.15) is 0 Å². The first-order valence-corrected chi connectivity index (χ1v) is 7.84. The zero-order chi connectivity index (χ0) is 12.2. The molecule has 0 N–H and O–H groups in total. The van der Waals surface area contributed by atoms with Gasteiger partial charge < -0.3 is 4.74 Å². The predicted octanol–water partition coefficient (Wildman–Crippen LogP) is 5.29. The summed E-state index contributed by atoms with van der Waals surface area (Å²) >= 11 is 0. The molecule has 1 nitrogen and oxygen atoms in total. The predicted molar refractivity (Wildman–Crippen MR) is 75.1 cm³/mol. The molecule has 0 unspecified atom stereocenters. The highest BCUT2D eigenvalue weighted by Gasteiger charge is 2.20. The molecule has 0 saturated carbocycles. The molecule has 0 aliphatic carbocycles. The first-order valence-electron chi connectivity index (χ1n) is 7.84. The van der Waals surface area contributed by atoms with Crippen LogP contribution < -0.4 is 0 Å². The van der Waals surface area contributed by atoms with Crippen LogP contribution in [0.25, 0.3) is 0 Å². The van der Waals surface area contributed by atoms with Gasteiger partial charge in [-0.15, -0.1) is 0 Å². The molecule has 1 heteroatoms. The molecular weight excluding hydrogens is 208 g/mol. The van der Waals surface area contributed by atoms with Crippen LogP contribution in [0.3, 0.4) is 0 Å². The molecule has 1 aliphatic heterocycles. The lowest BCUT2D eigenvalue weighted by Gasteiger charge is -2.02. The van der Waals surface area contributed by atoms with Crippen molar-refractivity contribution in [1.82, 2.24) is 0 Å². The first-order chi connectivity index (χ1) is 8.43. The van der Waals surface area contributed by atoms with Gasteiger partial charge in [0.25, 0.3) is 0 Å². The fourth-order valence-corrected chi connectivity index (χ4v) is 2.37. The molecule has 0 spiro atoms. The van der Waals surface area contributed by atoms with Crippen LogP contribution in [0.15, 0.2) is 0 Å². The topological polar surface area (TPSA) is 12.5 Å². The number of hydrogen-bond acceptors (Lipinski definition) is 1. The summed E-state index contributed by atoms with van der Waals surface area (Å²) in [5.41, 5.74) is 0. The maximum Gasteiger partial charge on any atom is 0.0850 e. The zero-order valence-electron chi connectivity index (χ0n) is 11.6. The van der Waals surface area contributed by atoms with Crippen molar-refractivity contribution in [3.63, 3.8) is 0 Å². The molecular formula is C16H31O+. The second kappa shape index (κ2) is 11.0. The van der Waals surface area contributed by atoms with Crippen LogP contribution in [0.1, 0.15) is 83.5 Å². The van der Waals surface area contributed by atoms with Gasteiger partial charge in [0.05, 0.1) is 26.1 Å². The minimum absolute atomic E-state index is 0.647. The van der Waals surface area contributed by atoms with Gasteiger partial charge in [0.2, 0.25) is 0 Å². The summed E-state index contributed by atoms with van der Waals surface area (Å²) in [4.78, 5) is 0. The lowest BCUT2D eigenvalue weighted by molar-refractivity contribution is 0.387. The van der Waals surface area contributed by atoms with E-state index >= 15 is 0 Å². The highest BCUT2D eigenvalue weighted by molar-refractivity contribution is 4.68. The van der Waals surface area contributed by atoms with E-state index in [9.17, 15) is 0 Å². The van der Waals surface area contributed by atoms with Crippen molar-refractivity contribution in [2.75, 3.05) is 6.61 Å². The van der Waals surface area contributed by atoms with Crippen LogP contribution in [-0.2, 0) is 4.74 Å². The molecule has 0 radical (unpaired) electrons. The van der Waals surface area contributed by atoms with Crippen LogP contribution in [-0.4, -0.2) is 12.7 Å². The smallest absolute Gasteiger partial charge is 0.0850 e. The van der Waals surface area contributed by atoms with Gasteiger partial charge in [-0.3, -0.25) is 0 Å². The van der Waals surface area contributed by atoms with E-state index in [1.54, 1.807) is 0 Å². The van der Waals surface area contributed by atoms with Gasteiger partial charge >= 0.3 is 0 Å². The molecule has 1 fully saturated rings. The summed E-state index contributed by atoms with van der Waals surface area (Å²) in [6, 6.07) is 0. The monoisotopic (exact) mass is 239 g/mol. The molecule has 0 aromatic carbocycles. The number of ether oxygens (including phenoxy) is 1. The standard InChI is InChI=1S/C16H31O/c1-2-3-4-5-6-7-8-9-10-11-12-13-14-16-15-17-16/h16H,1-15H2/q+1/t16-/m1/s1. The van der Waals surface area contributed by atoms with Crippen LogP contribution in [0.2, 0.25) is 0 Å². The van der Waals surface area contributed by atoms with E-state index < -0.39 is 0 Å². The molecule has 1 heterocycles. The lowest BCUT2D eigenvalue weighted by atomic mass is 10.0. The Kier molecular flexibility index (Phi) is 9.59. The molecule has 0 aromatic heterocycles. The minimum atomic E-state index is 0.647. The third-order valence-corrected chi connectivity index (χ3v) is 3.68. The Morgan fingerprint density at radius 1 is 0.706 bits per heavy atom. The fraction of sp³-hybridized carbons (Fsp3) is 0.938. The Labute approximate surface area is 108 Å². The number of hydrogen-bond donors (Lipinski definition) is 0. The largest absolute Gasteiger partial charge is 0.373 e. The summed E-state index contributed by atoms with van der Waals surface area (Å²) in [5, 5.41) is 0. The van der Waals surface area contributed by atoms with Crippen LogP contribution >= 0.6 is 0 Å². The van der Waals surface area contributed by atoms with Crippen LogP contribution in [0.5, 0.6) is 0 Å². The van der Waals surface area contributed by atoms with Crippen molar-refractivity contribution in [3.05, 3.63) is 6.92 Å². The second-order valence-electron chi connectivity index (χ2n) is 5.49. The Bertz CT molecular complexity index is 152. The van der Waals surface area contributed by atoms with Crippen molar-refractivity contribution in [2.45, 2.75) is 89.6 Å². The number of rotatable bonds is 13. The van der Waals surface area contributed by atoms with E-state index in [1.807, 2.05) is 0 Å². The summed E-state index contributed by atoms with van der Waals surface area (Å²) in [5.74, 6) is 0. The molecule has 1 rings (SSSR count). The highest BCUT2D eigenvalue weighted by atomic mass is 16.6. The van der Waals surface area contributed by atoms with Crippen molar-refractivity contribution >= 4 is 0 Å². The van der Waals surface area contributed by atoms with Crippen molar-refractivity contribution in [1.29, 1.82) is 0 Å². The summed E-state index contributed by atoms with van der Waals surface area (Å²) in [6.45, 7) is 4.91. The molecule has 1 atom stereocenters. The molecule has 0 bridgehead atoms. The zero-order valence-corrected chi connectivity index (χ0v) is 11.6. The normalized spacial score (nSPS) is 18.5. The SMILES string of the molecule is [CH2+]CCCCCCCCCCCCC[C@@H]1CO1. The van der Waals surface area contributed by atoms with Crippen molar-refractivity contribution in [3.8, 4) is 0 Å². The molecule has 0 amide bonds. The average Bonchev–Trinajstić information content (AvgIpc) is 3.15. The summed E-state index contributed by atoms with van der Waals surface area (Å²) in [6.07, 6.45) is 18.7. The Morgan fingerprint density at radius 2 is 1.12 bits per heavy atom. The fourth-order valence-electron chi connectivity index (χ4n) is 2.37. The number of epoxide rings is 1. The van der Waals surface area contributed by atoms with Gasteiger partial charge in [-0.1, -0.05) is 57.8 Å². The third-order valence-electron chi connectivity index (χ3n) is 3.68. The van der Waals surface area contributed by atoms with Gasteiger partial charge in [0.15, 0.2) is 0 Å². The number of unbranched alkanes of at least 4 members (excludes halogenated alkanes) is 11. The first kappa shape index (κ1) is 14.9. The molecule has 1 aliphatic rings. The van der Waals surface area contributed by atoms with E-state index in [1.165, 1.54) is 77.0 Å². The summed E-state index contributed by atoms with van der Waals surface area (Å²) < 4.78 is 5.20. The molecule has 0 aromatic rings. The Balaban J connectivity index is 1.61. The maximum atomic E-state index is 5.20. The van der Waals surface area contributed by atoms with E-state index in [0.29, 0.717) is 6.10 Å². The third kappa shape index (κ3) is 10.7. The molecule has 17 heavy (non-hydrogen) atoms. The van der Waals surface area contributed by atoms with Gasteiger partial charge in [0, 0.05) is 0 Å². The highest BCUT2D eigenvalue weighted by Crippen LogP contribution is 2.18. The van der Waals surface area contributed by atoms with Crippen LogP contribution in [0.4, 0.5) is 0 Å². The van der Waals surface area contributed by atoms with Gasteiger partial charge in [0.1, 0.15) is 0 Å². The molecule has 100 valence electrons. The van der Waals surface area contributed by atoms with Crippen molar-refractivity contribution < 1.29 is 4.74 Å². The van der Waals surface area contributed by atoms with E-state index in [2.05, 4.69) is 6.92 Å². The quantitative estimate of drug-likeness (QED) is 0.242. The van der Waals surface area contributed by atoms with Crippen molar-refractivity contribution in [2.24, 2.45) is 0 Å². The van der Waals surface area contributed by atoms with Gasteiger partial charge in [-0.05, 0) is 19.3 Å². The lowest BCUT2D eigenvalue weighted by Crippen LogP contribution is -1.86. The van der Waals surface area contributed by atoms with Crippen LogP contribution in [0, 0.1) is 6.92 Å². The summed E-state index contributed by atoms with van der Waals surface area (Å²) in [7, 11) is 0. The minimum Gasteiger partial charge on any atom is -0.373 e. The van der Waals surface area contributed by atoms with E-state index in [0.717, 1.165) is 13.0 Å². The van der Waals surface area contributed by atoms with Gasteiger partial charge in [-0.25, -0.2) is 0 Å². The molecule has 1 saturated heterocycles. The van der Waals surface area contributed by atoms with E-state index in [4.69, 9.17) is 4.74 Å².